The second kappa shape index (κ2) is 5.59. The third-order valence-corrected chi connectivity index (χ3v) is 5.13. The molecule has 4 N–H and O–H groups in total. The zero-order valence-electron chi connectivity index (χ0n) is 10.1. The Labute approximate surface area is 121 Å². The summed E-state index contributed by atoms with van der Waals surface area (Å²) >= 11 is 0.587. The molecule has 2 aromatic heterocycles. The third-order valence-electron chi connectivity index (χ3n) is 2.25. The Balaban J connectivity index is 2.35. The number of sulfonamides is 1. The smallest absolute Gasteiger partial charge is 0.306 e. The number of thiophene rings is 1. The van der Waals surface area contributed by atoms with Crippen LogP contribution in [0.15, 0.2) is 28.6 Å². The number of hydrogen-bond acceptors (Lipinski definition) is 8. The Morgan fingerprint density at radius 3 is 2.62 bits per heavy atom. The second-order valence-electron chi connectivity index (χ2n) is 3.65. The maximum Gasteiger partial charge on any atom is 0.306 e. The maximum atomic E-state index is 12.7. The largest absolute Gasteiger partial charge is 0.310 e. The van der Waals surface area contributed by atoms with Gasteiger partial charge in [0, 0.05) is 6.07 Å². The van der Waals surface area contributed by atoms with Crippen LogP contribution >= 0.6 is 11.3 Å². The highest BCUT2D eigenvalue weighted by atomic mass is 32.2. The molecule has 0 saturated carbocycles. The summed E-state index contributed by atoms with van der Waals surface area (Å²) in [6.07, 6.45) is 0.835. The van der Waals surface area contributed by atoms with Gasteiger partial charge in [0.1, 0.15) is 15.8 Å². The molecule has 0 unspecified atom stereocenters. The minimum absolute atomic E-state index is 0.104. The van der Waals surface area contributed by atoms with Crippen LogP contribution in [-0.2, 0) is 10.0 Å². The molecule has 0 aliphatic carbocycles. The van der Waals surface area contributed by atoms with Crippen LogP contribution in [0.4, 0.5) is 20.9 Å². The first kappa shape index (κ1) is 15.1. The van der Waals surface area contributed by atoms with Gasteiger partial charge in [0.15, 0.2) is 5.00 Å². The normalized spacial score (nSPS) is 11.1. The highest BCUT2D eigenvalue weighted by Crippen LogP contribution is 2.36. The fourth-order valence-corrected chi connectivity index (χ4v) is 3.60. The lowest BCUT2D eigenvalue weighted by molar-refractivity contribution is -0.383. The first-order valence-electron chi connectivity index (χ1n) is 5.22. The Bertz CT molecular complexity index is 774. The number of rotatable bonds is 5. The van der Waals surface area contributed by atoms with Crippen molar-refractivity contribution in [2.75, 3.05) is 10.1 Å². The number of nitrogen functional groups attached to an aromatic ring is 1. The van der Waals surface area contributed by atoms with Crippen molar-refractivity contribution in [3.05, 3.63) is 40.3 Å². The molecular weight excluding hydrogens is 325 g/mol. The van der Waals surface area contributed by atoms with Crippen molar-refractivity contribution >= 4 is 37.9 Å². The van der Waals surface area contributed by atoms with Crippen LogP contribution in [0, 0.1) is 15.9 Å². The molecule has 0 saturated heterocycles. The van der Waals surface area contributed by atoms with E-state index in [1.165, 1.54) is 0 Å². The van der Waals surface area contributed by atoms with Crippen molar-refractivity contribution in [3.8, 4) is 0 Å². The summed E-state index contributed by atoms with van der Waals surface area (Å²) in [5, 5.41) is 10.7. The molecule has 0 aliphatic rings. The number of hydrazine groups is 1. The van der Waals surface area contributed by atoms with E-state index in [1.54, 1.807) is 0 Å². The van der Waals surface area contributed by atoms with Crippen molar-refractivity contribution in [3.63, 3.8) is 0 Å². The molecule has 0 bridgehead atoms. The first-order valence-corrected chi connectivity index (χ1v) is 7.52. The monoisotopic (exact) mass is 333 g/mol. The third kappa shape index (κ3) is 3.24. The molecule has 0 atom stereocenters. The van der Waals surface area contributed by atoms with E-state index in [9.17, 15) is 22.9 Å². The van der Waals surface area contributed by atoms with E-state index in [0.29, 0.717) is 11.3 Å². The summed E-state index contributed by atoms with van der Waals surface area (Å²) in [6.45, 7) is 0. The second-order valence-corrected chi connectivity index (χ2v) is 6.61. The molecular formula is C9H8FN5O4S2. The van der Waals surface area contributed by atoms with Crippen molar-refractivity contribution in [1.29, 1.82) is 0 Å². The number of nitrogens with one attached hydrogen (secondary N) is 2. The standard InChI is InChI=1S/C9H8FN5O4S2/c10-5-1-2-7(12-4-5)14-21(18,19)8-3-6(15(16)17)9(13-11)20-8/h1-4,13H,11H2,(H,12,14). The summed E-state index contributed by atoms with van der Waals surface area (Å²) < 4.78 is 38.6. The van der Waals surface area contributed by atoms with E-state index in [1.807, 2.05) is 0 Å². The molecule has 112 valence electrons. The number of hydrogen-bond donors (Lipinski definition) is 3. The summed E-state index contributed by atoms with van der Waals surface area (Å²) in [4.78, 5) is 13.5. The molecule has 0 radical (unpaired) electrons. The van der Waals surface area contributed by atoms with Gasteiger partial charge in [0.2, 0.25) is 0 Å². The van der Waals surface area contributed by atoms with E-state index in [4.69, 9.17) is 5.84 Å². The van der Waals surface area contributed by atoms with Crippen molar-refractivity contribution in [2.24, 2.45) is 5.84 Å². The van der Waals surface area contributed by atoms with Gasteiger partial charge in [0.25, 0.3) is 10.0 Å². The average molecular weight is 333 g/mol. The van der Waals surface area contributed by atoms with E-state index in [0.717, 1.165) is 24.4 Å². The van der Waals surface area contributed by atoms with E-state index in [-0.39, 0.29) is 15.0 Å². The fourth-order valence-electron chi connectivity index (χ4n) is 1.36. The predicted molar refractivity (Wildman–Crippen MR) is 73.8 cm³/mol. The van der Waals surface area contributed by atoms with Gasteiger partial charge in [-0.05, 0) is 12.1 Å². The number of halogens is 1. The lowest BCUT2D eigenvalue weighted by Crippen LogP contribution is -2.12. The number of anilines is 2. The minimum Gasteiger partial charge on any atom is -0.310 e. The molecule has 12 heteroatoms. The molecule has 0 aliphatic heterocycles. The molecule has 0 spiro atoms. The Hall–Kier alpha value is -2.31. The minimum atomic E-state index is -4.09. The molecule has 2 rings (SSSR count). The van der Waals surface area contributed by atoms with Crippen LogP contribution < -0.4 is 16.0 Å². The SMILES string of the molecule is NNc1sc(S(=O)(=O)Nc2ccc(F)cn2)cc1[N+](=O)[O-]. The maximum absolute atomic E-state index is 12.7. The van der Waals surface area contributed by atoms with Crippen molar-refractivity contribution in [2.45, 2.75) is 4.21 Å². The van der Waals surface area contributed by atoms with E-state index >= 15 is 0 Å². The van der Waals surface area contributed by atoms with Crippen LogP contribution in [0.3, 0.4) is 0 Å². The molecule has 0 fully saturated rings. The van der Waals surface area contributed by atoms with Gasteiger partial charge < -0.3 is 5.43 Å². The lowest BCUT2D eigenvalue weighted by atomic mass is 10.5. The van der Waals surface area contributed by atoms with Crippen LogP contribution in [0.25, 0.3) is 0 Å². The van der Waals surface area contributed by atoms with Crippen LogP contribution in [0.1, 0.15) is 0 Å². The van der Waals surface area contributed by atoms with Crippen molar-refractivity contribution < 1.29 is 17.7 Å². The summed E-state index contributed by atoms with van der Waals surface area (Å²) in [7, 11) is -4.09. The van der Waals surface area contributed by atoms with Gasteiger partial charge in [-0.25, -0.2) is 23.6 Å². The zero-order valence-corrected chi connectivity index (χ0v) is 11.7. The van der Waals surface area contributed by atoms with Crippen LogP contribution in [0.2, 0.25) is 0 Å². The number of nitrogens with zero attached hydrogens (tertiary/aromatic N) is 2. The number of pyridine rings is 1. The van der Waals surface area contributed by atoms with Crippen LogP contribution in [0.5, 0.6) is 0 Å². The molecule has 2 heterocycles. The van der Waals surface area contributed by atoms with Crippen molar-refractivity contribution in [1.82, 2.24) is 4.98 Å². The summed E-state index contributed by atoms with van der Waals surface area (Å²) in [5.74, 6) is 4.36. The van der Waals surface area contributed by atoms with Gasteiger partial charge in [-0.2, -0.15) is 0 Å². The zero-order chi connectivity index (χ0) is 15.6. The molecule has 21 heavy (non-hydrogen) atoms. The predicted octanol–water partition coefficient (Wildman–Crippen LogP) is 1.28. The van der Waals surface area contributed by atoms with E-state index < -0.39 is 26.5 Å². The highest BCUT2D eigenvalue weighted by molar-refractivity contribution is 7.94. The Morgan fingerprint density at radius 2 is 2.14 bits per heavy atom. The Morgan fingerprint density at radius 1 is 1.43 bits per heavy atom. The fraction of sp³-hybridized carbons (Fsp3) is 0. The highest BCUT2D eigenvalue weighted by Gasteiger charge is 2.26. The molecule has 0 amide bonds. The molecule has 2 aromatic rings. The first-order chi connectivity index (χ1) is 9.83. The van der Waals surface area contributed by atoms with E-state index in [2.05, 4.69) is 15.1 Å². The summed E-state index contributed by atoms with van der Waals surface area (Å²) in [6, 6.07) is 3.01. The van der Waals surface area contributed by atoms with Gasteiger partial charge >= 0.3 is 5.69 Å². The van der Waals surface area contributed by atoms with Gasteiger partial charge in [-0.15, -0.1) is 0 Å². The Kier molecular flexibility index (Phi) is 4.02. The number of nitrogens with two attached hydrogens (primary N) is 1. The topological polar surface area (TPSA) is 140 Å². The molecule has 9 nitrogen and oxygen atoms in total. The van der Waals surface area contributed by atoms with Crippen LogP contribution in [-0.4, -0.2) is 18.3 Å². The number of aromatic nitrogens is 1. The summed E-state index contributed by atoms with van der Waals surface area (Å²) in [5.41, 5.74) is 1.60. The number of nitro groups is 1. The van der Waals surface area contributed by atoms with Gasteiger partial charge in [-0.3, -0.25) is 14.8 Å². The van der Waals surface area contributed by atoms with Gasteiger partial charge in [-0.1, -0.05) is 11.3 Å². The lowest BCUT2D eigenvalue weighted by Gasteiger charge is -2.04. The molecule has 0 aromatic carbocycles. The average Bonchev–Trinajstić information content (AvgIpc) is 2.86. The van der Waals surface area contributed by atoms with Gasteiger partial charge in [0.05, 0.1) is 11.1 Å². The quantitative estimate of drug-likeness (QED) is 0.425.